The minimum Gasteiger partial charge on any atom is -0.330 e. The highest BCUT2D eigenvalue weighted by atomic mass is 32.1. The van der Waals surface area contributed by atoms with E-state index in [1.54, 1.807) is 11.3 Å². The van der Waals surface area contributed by atoms with Crippen molar-refractivity contribution in [2.45, 2.75) is 25.7 Å². The van der Waals surface area contributed by atoms with Crippen LogP contribution in [-0.2, 0) is 4.79 Å². The third kappa shape index (κ3) is 3.55. The molecule has 1 aromatic carbocycles. The van der Waals surface area contributed by atoms with Crippen LogP contribution < -0.4 is 11.1 Å². The highest BCUT2D eigenvalue weighted by Gasteiger charge is 2.03. The maximum atomic E-state index is 11.7. The number of thiophene rings is 1. The lowest BCUT2D eigenvalue weighted by molar-refractivity contribution is -0.116. The molecule has 2 rings (SSSR count). The van der Waals surface area contributed by atoms with E-state index in [-0.39, 0.29) is 5.91 Å². The van der Waals surface area contributed by atoms with Crippen molar-refractivity contribution < 1.29 is 4.79 Å². The molecule has 1 heterocycles. The Balaban J connectivity index is 1.86. The van der Waals surface area contributed by atoms with Crippen molar-refractivity contribution >= 4 is 33.0 Å². The topological polar surface area (TPSA) is 55.1 Å². The van der Waals surface area contributed by atoms with Gasteiger partial charge in [0.1, 0.15) is 0 Å². The van der Waals surface area contributed by atoms with Gasteiger partial charge < -0.3 is 11.1 Å². The van der Waals surface area contributed by atoms with Gasteiger partial charge in [0.05, 0.1) is 0 Å². The van der Waals surface area contributed by atoms with Crippen molar-refractivity contribution in [3.63, 3.8) is 0 Å². The Morgan fingerprint density at radius 2 is 2.11 bits per heavy atom. The first-order chi connectivity index (χ1) is 8.79. The summed E-state index contributed by atoms with van der Waals surface area (Å²) in [4.78, 5) is 11.7. The number of hydrogen-bond donors (Lipinski definition) is 2. The number of unbranched alkanes of at least 4 members (excludes halogenated alkanes) is 2. The van der Waals surface area contributed by atoms with Gasteiger partial charge in [0, 0.05) is 16.8 Å². The monoisotopic (exact) mass is 262 g/mol. The summed E-state index contributed by atoms with van der Waals surface area (Å²) in [7, 11) is 0. The molecule has 0 unspecified atom stereocenters. The summed E-state index contributed by atoms with van der Waals surface area (Å²) >= 11 is 1.71. The predicted octanol–water partition coefficient (Wildman–Crippen LogP) is 3.36. The Labute approximate surface area is 111 Å². The molecule has 1 aromatic heterocycles. The molecule has 0 aliphatic carbocycles. The average molecular weight is 262 g/mol. The first kappa shape index (κ1) is 13.1. The fourth-order valence-electron chi connectivity index (χ4n) is 1.87. The second-order valence-corrected chi connectivity index (χ2v) is 5.27. The van der Waals surface area contributed by atoms with Gasteiger partial charge in [0.2, 0.25) is 5.91 Å². The second kappa shape index (κ2) is 6.52. The lowest BCUT2D eigenvalue weighted by Crippen LogP contribution is -2.11. The molecule has 0 aliphatic heterocycles. The van der Waals surface area contributed by atoms with Crippen LogP contribution in [0.25, 0.3) is 10.1 Å². The van der Waals surface area contributed by atoms with Crippen LogP contribution in [0.1, 0.15) is 25.7 Å². The first-order valence-corrected chi connectivity index (χ1v) is 7.15. The van der Waals surface area contributed by atoms with E-state index in [0.717, 1.165) is 24.9 Å². The van der Waals surface area contributed by atoms with Crippen LogP contribution in [0, 0.1) is 0 Å². The first-order valence-electron chi connectivity index (χ1n) is 6.27. The summed E-state index contributed by atoms with van der Waals surface area (Å²) in [6.45, 7) is 0.705. The lowest BCUT2D eigenvalue weighted by Gasteiger charge is -2.05. The molecule has 0 aliphatic rings. The number of benzene rings is 1. The quantitative estimate of drug-likeness (QED) is 0.784. The second-order valence-electron chi connectivity index (χ2n) is 4.32. The van der Waals surface area contributed by atoms with Crippen molar-refractivity contribution in [3.8, 4) is 0 Å². The van der Waals surface area contributed by atoms with Crippen LogP contribution in [0.4, 0.5) is 5.69 Å². The van der Waals surface area contributed by atoms with Crippen LogP contribution in [0.15, 0.2) is 29.6 Å². The predicted molar refractivity (Wildman–Crippen MR) is 78.0 cm³/mol. The summed E-state index contributed by atoms with van der Waals surface area (Å²) < 4.78 is 1.25. The van der Waals surface area contributed by atoms with Crippen LogP contribution in [0.5, 0.6) is 0 Å². The van der Waals surface area contributed by atoms with Gasteiger partial charge in [-0.25, -0.2) is 0 Å². The van der Waals surface area contributed by atoms with Crippen molar-refractivity contribution in [3.05, 3.63) is 29.6 Å². The molecule has 0 radical (unpaired) electrons. The molecule has 18 heavy (non-hydrogen) atoms. The lowest BCUT2D eigenvalue weighted by atomic mass is 10.2. The molecule has 3 nitrogen and oxygen atoms in total. The van der Waals surface area contributed by atoms with Crippen molar-refractivity contribution in [2.24, 2.45) is 5.73 Å². The molecule has 3 N–H and O–H groups in total. The van der Waals surface area contributed by atoms with Gasteiger partial charge >= 0.3 is 0 Å². The molecule has 4 heteroatoms. The van der Waals surface area contributed by atoms with E-state index in [1.165, 1.54) is 10.1 Å². The Bertz CT molecular complexity index is 521. The molecule has 0 spiro atoms. The normalized spacial score (nSPS) is 10.7. The fourth-order valence-corrected chi connectivity index (χ4v) is 2.65. The Morgan fingerprint density at radius 3 is 2.94 bits per heavy atom. The molecule has 2 aromatic rings. The Hall–Kier alpha value is -1.39. The highest BCUT2D eigenvalue weighted by molar-refractivity contribution is 7.17. The minimum atomic E-state index is 0.0848. The maximum absolute atomic E-state index is 11.7. The minimum absolute atomic E-state index is 0.0848. The molecular formula is C14H18N2OS. The molecule has 0 saturated carbocycles. The van der Waals surface area contributed by atoms with Crippen LogP contribution in [0.3, 0.4) is 0 Å². The zero-order valence-corrected chi connectivity index (χ0v) is 11.1. The zero-order valence-electron chi connectivity index (χ0n) is 10.3. The van der Waals surface area contributed by atoms with Crippen LogP contribution >= 0.6 is 11.3 Å². The van der Waals surface area contributed by atoms with Crippen molar-refractivity contribution in [2.75, 3.05) is 11.9 Å². The standard InChI is InChI=1S/C14H18N2OS/c15-8-3-1-2-4-14(17)16-12-5-6-13-11(10-12)7-9-18-13/h5-7,9-10H,1-4,8,15H2,(H,16,17). The van der Waals surface area contributed by atoms with Gasteiger partial charge in [-0.05, 0) is 54.4 Å². The smallest absolute Gasteiger partial charge is 0.224 e. The number of anilines is 1. The van der Waals surface area contributed by atoms with Crippen LogP contribution in [-0.4, -0.2) is 12.5 Å². The summed E-state index contributed by atoms with van der Waals surface area (Å²) in [6, 6.07) is 8.08. The van der Waals surface area contributed by atoms with E-state index in [4.69, 9.17) is 5.73 Å². The molecular weight excluding hydrogens is 244 g/mol. The average Bonchev–Trinajstić information content (AvgIpc) is 2.82. The van der Waals surface area contributed by atoms with Gasteiger partial charge in [-0.1, -0.05) is 6.42 Å². The molecule has 96 valence electrons. The Kier molecular flexibility index (Phi) is 4.73. The number of nitrogens with one attached hydrogen (secondary N) is 1. The van der Waals surface area contributed by atoms with Crippen LogP contribution in [0.2, 0.25) is 0 Å². The van der Waals surface area contributed by atoms with Gasteiger partial charge in [0.15, 0.2) is 0 Å². The SMILES string of the molecule is NCCCCCC(=O)Nc1ccc2sccc2c1. The van der Waals surface area contributed by atoms with Gasteiger partial charge in [-0.15, -0.1) is 11.3 Å². The third-order valence-corrected chi connectivity index (χ3v) is 3.74. The number of carbonyl (C=O) groups excluding carboxylic acids is 1. The number of rotatable bonds is 6. The van der Waals surface area contributed by atoms with Crippen molar-refractivity contribution in [1.29, 1.82) is 0 Å². The largest absolute Gasteiger partial charge is 0.330 e. The molecule has 0 atom stereocenters. The summed E-state index contributed by atoms with van der Waals surface area (Å²) in [6.07, 6.45) is 3.49. The third-order valence-electron chi connectivity index (χ3n) is 2.84. The number of carbonyl (C=O) groups is 1. The van der Waals surface area contributed by atoms with Gasteiger partial charge in [-0.2, -0.15) is 0 Å². The summed E-state index contributed by atoms with van der Waals surface area (Å²) in [5.41, 5.74) is 6.29. The van der Waals surface area contributed by atoms with E-state index in [1.807, 2.05) is 18.2 Å². The number of nitrogens with two attached hydrogens (primary N) is 1. The molecule has 0 saturated heterocycles. The van der Waals surface area contributed by atoms with E-state index < -0.39 is 0 Å². The zero-order chi connectivity index (χ0) is 12.8. The number of fused-ring (bicyclic) bond motifs is 1. The van der Waals surface area contributed by atoms with E-state index in [2.05, 4.69) is 16.8 Å². The van der Waals surface area contributed by atoms with E-state index in [0.29, 0.717) is 13.0 Å². The summed E-state index contributed by atoms with van der Waals surface area (Å²) in [5.74, 6) is 0.0848. The van der Waals surface area contributed by atoms with Gasteiger partial charge in [-0.3, -0.25) is 4.79 Å². The Morgan fingerprint density at radius 1 is 1.22 bits per heavy atom. The number of hydrogen-bond acceptors (Lipinski definition) is 3. The maximum Gasteiger partial charge on any atom is 0.224 e. The highest BCUT2D eigenvalue weighted by Crippen LogP contribution is 2.24. The van der Waals surface area contributed by atoms with E-state index in [9.17, 15) is 4.79 Å². The molecule has 0 fully saturated rings. The van der Waals surface area contributed by atoms with Crippen molar-refractivity contribution in [1.82, 2.24) is 0 Å². The van der Waals surface area contributed by atoms with Gasteiger partial charge in [0.25, 0.3) is 0 Å². The number of amides is 1. The van der Waals surface area contributed by atoms with E-state index >= 15 is 0 Å². The fraction of sp³-hybridized carbons (Fsp3) is 0.357. The summed E-state index contributed by atoms with van der Waals surface area (Å²) in [5, 5.41) is 6.18. The molecule has 1 amide bonds. The molecule has 0 bridgehead atoms.